The molecule has 0 amide bonds. The molecule has 0 spiro atoms. The lowest BCUT2D eigenvalue weighted by Crippen LogP contribution is -1.96. The summed E-state index contributed by atoms with van der Waals surface area (Å²) in [7, 11) is 0. The van der Waals surface area contributed by atoms with Crippen LogP contribution in [0.3, 0.4) is 0 Å². The van der Waals surface area contributed by atoms with Gasteiger partial charge in [-0.05, 0) is 27.8 Å². The molecule has 0 aliphatic heterocycles. The molecule has 0 bridgehead atoms. The second-order valence-corrected chi connectivity index (χ2v) is 3.94. The van der Waals surface area contributed by atoms with E-state index in [0.717, 1.165) is 0 Å². The molecule has 0 saturated carbocycles. The SMILES string of the molecule is CC1C=Cc2cccc3cccc1c23. The van der Waals surface area contributed by atoms with Crippen LogP contribution in [0.4, 0.5) is 0 Å². The van der Waals surface area contributed by atoms with Gasteiger partial charge in [0, 0.05) is 0 Å². The van der Waals surface area contributed by atoms with Crippen molar-refractivity contribution < 1.29 is 0 Å². The Morgan fingerprint density at radius 3 is 2.64 bits per heavy atom. The van der Waals surface area contributed by atoms with Crippen molar-refractivity contribution in [2.45, 2.75) is 12.8 Å². The zero-order valence-corrected chi connectivity index (χ0v) is 8.20. The molecule has 1 aliphatic rings. The molecule has 0 fully saturated rings. The number of hydrogen-bond acceptors (Lipinski definition) is 0. The standard InChI is InChI=1S/C14H12/c1-10-8-9-12-5-2-4-11-6-3-7-13(10)14(11)12/h2-10H,1H3. The molecule has 0 saturated heterocycles. The van der Waals surface area contributed by atoms with Gasteiger partial charge in [0.15, 0.2) is 0 Å². The molecule has 0 N–H and O–H groups in total. The minimum absolute atomic E-state index is 0.550. The van der Waals surface area contributed by atoms with Gasteiger partial charge in [-0.1, -0.05) is 55.5 Å². The van der Waals surface area contributed by atoms with Crippen molar-refractivity contribution >= 4 is 16.8 Å². The lowest BCUT2D eigenvalue weighted by molar-refractivity contribution is 0.979. The Balaban J connectivity index is 2.52. The molecule has 1 aliphatic carbocycles. The molecule has 0 heteroatoms. The Morgan fingerprint density at radius 1 is 1.00 bits per heavy atom. The van der Waals surface area contributed by atoms with Gasteiger partial charge < -0.3 is 0 Å². The molecule has 0 aromatic heterocycles. The largest absolute Gasteiger partial charge is 0.0766 e. The lowest BCUT2D eigenvalue weighted by Gasteiger charge is -2.17. The van der Waals surface area contributed by atoms with Crippen LogP contribution in [0, 0.1) is 0 Å². The van der Waals surface area contributed by atoms with Crippen LogP contribution in [0.25, 0.3) is 16.8 Å². The van der Waals surface area contributed by atoms with Gasteiger partial charge in [0.25, 0.3) is 0 Å². The molecule has 14 heavy (non-hydrogen) atoms. The van der Waals surface area contributed by atoms with Crippen molar-refractivity contribution in [3.63, 3.8) is 0 Å². The first-order valence-electron chi connectivity index (χ1n) is 5.06. The summed E-state index contributed by atoms with van der Waals surface area (Å²) in [4.78, 5) is 0. The van der Waals surface area contributed by atoms with E-state index in [2.05, 4.69) is 55.5 Å². The van der Waals surface area contributed by atoms with Gasteiger partial charge in [0.2, 0.25) is 0 Å². The van der Waals surface area contributed by atoms with Crippen molar-refractivity contribution in [2.24, 2.45) is 0 Å². The lowest BCUT2D eigenvalue weighted by atomic mass is 9.87. The summed E-state index contributed by atoms with van der Waals surface area (Å²) in [5.41, 5.74) is 2.82. The number of rotatable bonds is 0. The minimum atomic E-state index is 0.550. The van der Waals surface area contributed by atoms with Crippen molar-refractivity contribution in [3.8, 4) is 0 Å². The van der Waals surface area contributed by atoms with Gasteiger partial charge in [-0.2, -0.15) is 0 Å². The van der Waals surface area contributed by atoms with Crippen molar-refractivity contribution in [1.29, 1.82) is 0 Å². The summed E-state index contributed by atoms with van der Waals surface area (Å²) >= 11 is 0. The van der Waals surface area contributed by atoms with Crippen molar-refractivity contribution in [2.75, 3.05) is 0 Å². The van der Waals surface area contributed by atoms with E-state index in [1.807, 2.05) is 0 Å². The van der Waals surface area contributed by atoms with Crippen LogP contribution in [0.1, 0.15) is 24.0 Å². The zero-order valence-electron chi connectivity index (χ0n) is 8.20. The molecular weight excluding hydrogens is 168 g/mol. The van der Waals surface area contributed by atoms with E-state index in [1.165, 1.54) is 21.9 Å². The second kappa shape index (κ2) is 2.71. The van der Waals surface area contributed by atoms with E-state index in [9.17, 15) is 0 Å². The third kappa shape index (κ3) is 0.941. The van der Waals surface area contributed by atoms with E-state index < -0.39 is 0 Å². The summed E-state index contributed by atoms with van der Waals surface area (Å²) in [5.74, 6) is 0.550. The first kappa shape index (κ1) is 7.81. The minimum Gasteiger partial charge on any atom is -0.0766 e. The third-order valence-corrected chi connectivity index (χ3v) is 3.02. The Labute approximate surface area is 83.9 Å². The van der Waals surface area contributed by atoms with Crippen molar-refractivity contribution in [1.82, 2.24) is 0 Å². The Bertz CT molecular complexity index is 515. The maximum Gasteiger partial charge on any atom is -0.0000732 e. The van der Waals surface area contributed by atoms with Gasteiger partial charge in [-0.15, -0.1) is 0 Å². The van der Waals surface area contributed by atoms with Gasteiger partial charge in [0.1, 0.15) is 0 Å². The van der Waals surface area contributed by atoms with E-state index in [0.29, 0.717) is 5.92 Å². The van der Waals surface area contributed by atoms with Gasteiger partial charge in [-0.25, -0.2) is 0 Å². The maximum atomic E-state index is 2.27. The van der Waals surface area contributed by atoms with E-state index in [1.54, 1.807) is 0 Å². The van der Waals surface area contributed by atoms with Crippen LogP contribution in [0.15, 0.2) is 42.5 Å². The Hall–Kier alpha value is -1.56. The predicted molar refractivity (Wildman–Crippen MR) is 61.4 cm³/mol. The average Bonchev–Trinajstić information content (AvgIpc) is 2.24. The van der Waals surface area contributed by atoms with Crippen molar-refractivity contribution in [3.05, 3.63) is 53.6 Å². The molecular formula is C14H12. The highest BCUT2D eigenvalue weighted by Crippen LogP contribution is 2.33. The topological polar surface area (TPSA) is 0 Å². The Morgan fingerprint density at radius 2 is 1.79 bits per heavy atom. The third-order valence-electron chi connectivity index (χ3n) is 3.02. The molecule has 1 unspecified atom stereocenters. The Kier molecular flexibility index (Phi) is 1.51. The summed E-state index contributed by atoms with van der Waals surface area (Å²) in [5, 5.41) is 2.79. The second-order valence-electron chi connectivity index (χ2n) is 3.94. The molecule has 2 aromatic rings. The zero-order chi connectivity index (χ0) is 9.54. The highest BCUT2D eigenvalue weighted by molar-refractivity contribution is 5.95. The molecule has 0 radical (unpaired) electrons. The highest BCUT2D eigenvalue weighted by Gasteiger charge is 2.12. The van der Waals surface area contributed by atoms with Crippen LogP contribution >= 0.6 is 0 Å². The molecule has 1 atom stereocenters. The first-order chi connectivity index (χ1) is 6.86. The fourth-order valence-corrected chi connectivity index (χ4v) is 2.27. The van der Waals surface area contributed by atoms with Crippen LogP contribution in [0.2, 0.25) is 0 Å². The molecule has 68 valence electrons. The number of hydrogen-bond donors (Lipinski definition) is 0. The predicted octanol–water partition coefficient (Wildman–Crippen LogP) is 3.97. The maximum absolute atomic E-state index is 2.27. The smallest absolute Gasteiger partial charge is 0.0000732 e. The van der Waals surface area contributed by atoms with Crippen LogP contribution in [-0.2, 0) is 0 Å². The molecule has 0 nitrogen and oxygen atoms in total. The first-order valence-corrected chi connectivity index (χ1v) is 5.06. The fraction of sp³-hybridized carbons (Fsp3) is 0.143. The van der Waals surface area contributed by atoms with Crippen LogP contribution < -0.4 is 0 Å². The summed E-state index contributed by atoms with van der Waals surface area (Å²) in [6, 6.07) is 13.1. The van der Waals surface area contributed by atoms with Gasteiger partial charge in [0.05, 0.1) is 0 Å². The summed E-state index contributed by atoms with van der Waals surface area (Å²) in [6.07, 6.45) is 4.51. The quantitative estimate of drug-likeness (QED) is 0.575. The van der Waals surface area contributed by atoms with Crippen LogP contribution in [0.5, 0.6) is 0 Å². The van der Waals surface area contributed by atoms with E-state index in [-0.39, 0.29) is 0 Å². The molecule has 0 heterocycles. The molecule has 2 aromatic carbocycles. The fourth-order valence-electron chi connectivity index (χ4n) is 2.27. The summed E-state index contributed by atoms with van der Waals surface area (Å²) < 4.78 is 0. The number of allylic oxidation sites excluding steroid dienone is 1. The molecule has 3 rings (SSSR count). The average molecular weight is 180 g/mol. The normalized spacial score (nSPS) is 18.8. The summed E-state index contributed by atoms with van der Waals surface area (Å²) in [6.45, 7) is 2.25. The van der Waals surface area contributed by atoms with Crippen LogP contribution in [-0.4, -0.2) is 0 Å². The highest BCUT2D eigenvalue weighted by atomic mass is 14.2. The van der Waals surface area contributed by atoms with E-state index in [4.69, 9.17) is 0 Å². The van der Waals surface area contributed by atoms with E-state index >= 15 is 0 Å². The monoisotopic (exact) mass is 180 g/mol. The van der Waals surface area contributed by atoms with Gasteiger partial charge >= 0.3 is 0 Å². The number of benzene rings is 2. The van der Waals surface area contributed by atoms with Gasteiger partial charge in [-0.3, -0.25) is 0 Å².